The molecule has 0 aromatic heterocycles. The average molecular weight is 329 g/mol. The number of methoxy groups -OCH3 is 1. The van der Waals surface area contributed by atoms with E-state index in [0.29, 0.717) is 26.0 Å². The zero-order chi connectivity index (χ0) is 15.1. The third kappa shape index (κ3) is 4.60. The molecule has 1 aromatic carbocycles. The Kier molecular flexibility index (Phi) is 7.65. The van der Waals surface area contributed by atoms with Crippen LogP contribution in [0, 0.1) is 6.92 Å². The van der Waals surface area contributed by atoms with E-state index in [-0.39, 0.29) is 18.3 Å². The van der Waals surface area contributed by atoms with Gasteiger partial charge >= 0.3 is 0 Å². The topological polar surface area (TPSA) is 59.6 Å². The van der Waals surface area contributed by atoms with Crippen molar-refractivity contribution in [1.29, 1.82) is 0 Å². The molecule has 1 fully saturated rings. The third-order valence-electron chi connectivity index (χ3n) is 3.95. The molecule has 2 rings (SSSR count). The molecular formula is C16H25ClN2O3. The highest BCUT2D eigenvalue weighted by atomic mass is 35.5. The predicted octanol–water partition coefficient (Wildman–Crippen LogP) is 1.68. The Hall–Kier alpha value is -1.30. The van der Waals surface area contributed by atoms with Crippen molar-refractivity contribution in [1.82, 2.24) is 10.6 Å². The van der Waals surface area contributed by atoms with Crippen molar-refractivity contribution in [3.05, 3.63) is 29.8 Å². The maximum absolute atomic E-state index is 12.3. The van der Waals surface area contributed by atoms with Gasteiger partial charge in [-0.3, -0.25) is 4.79 Å². The van der Waals surface area contributed by atoms with Crippen LogP contribution >= 0.6 is 12.4 Å². The van der Waals surface area contributed by atoms with Crippen LogP contribution in [-0.2, 0) is 9.53 Å². The van der Waals surface area contributed by atoms with Crippen LogP contribution in [0.4, 0.5) is 0 Å². The smallest absolute Gasteiger partial charge is 0.252 e. The number of benzene rings is 1. The van der Waals surface area contributed by atoms with Crippen LogP contribution in [0.25, 0.3) is 0 Å². The van der Waals surface area contributed by atoms with Gasteiger partial charge in [-0.2, -0.15) is 0 Å². The molecule has 0 spiro atoms. The summed E-state index contributed by atoms with van der Waals surface area (Å²) in [5.41, 5.74) is 0.407. The van der Waals surface area contributed by atoms with Crippen molar-refractivity contribution in [2.75, 3.05) is 33.4 Å². The normalized spacial score (nSPS) is 16.5. The summed E-state index contributed by atoms with van der Waals surface area (Å²) in [5, 5.41) is 6.16. The van der Waals surface area contributed by atoms with Gasteiger partial charge < -0.3 is 20.1 Å². The van der Waals surface area contributed by atoms with Gasteiger partial charge in [0.2, 0.25) is 0 Å². The minimum absolute atomic E-state index is 0. The van der Waals surface area contributed by atoms with E-state index in [1.165, 1.54) is 0 Å². The number of amides is 1. The molecule has 1 aliphatic rings. The zero-order valence-corrected chi connectivity index (χ0v) is 14.0. The molecule has 0 radical (unpaired) electrons. The van der Waals surface area contributed by atoms with E-state index >= 15 is 0 Å². The molecule has 0 aliphatic carbocycles. The van der Waals surface area contributed by atoms with Crippen molar-refractivity contribution in [3.8, 4) is 5.75 Å². The molecule has 0 unspecified atom stereocenters. The molecule has 6 heteroatoms. The standard InChI is InChI=1S/C16H24N2O3.ClH/c1-13-5-3-4-6-14(13)21-12-11-18-15(19)16(20-2)7-9-17-10-8-16;/h3-6,17H,7-12H2,1-2H3,(H,18,19);1H. The van der Waals surface area contributed by atoms with Crippen LogP contribution in [0.15, 0.2) is 24.3 Å². The fraction of sp³-hybridized carbons (Fsp3) is 0.562. The van der Waals surface area contributed by atoms with Gasteiger partial charge in [0.15, 0.2) is 0 Å². The van der Waals surface area contributed by atoms with Crippen molar-refractivity contribution in [3.63, 3.8) is 0 Å². The third-order valence-corrected chi connectivity index (χ3v) is 3.95. The number of para-hydroxylation sites is 1. The first-order chi connectivity index (χ1) is 10.2. The fourth-order valence-electron chi connectivity index (χ4n) is 2.56. The summed E-state index contributed by atoms with van der Waals surface area (Å²) in [5.74, 6) is 0.815. The Morgan fingerprint density at radius 3 is 2.64 bits per heavy atom. The number of ether oxygens (including phenoxy) is 2. The Labute approximate surface area is 138 Å². The largest absolute Gasteiger partial charge is 0.491 e. The van der Waals surface area contributed by atoms with Crippen LogP contribution in [0.5, 0.6) is 5.75 Å². The quantitative estimate of drug-likeness (QED) is 0.780. The first-order valence-corrected chi connectivity index (χ1v) is 7.40. The predicted molar refractivity (Wildman–Crippen MR) is 88.8 cm³/mol. The van der Waals surface area contributed by atoms with E-state index in [2.05, 4.69) is 10.6 Å². The SMILES string of the molecule is COC1(C(=O)NCCOc2ccccc2C)CCNCC1.Cl. The number of piperidine rings is 1. The first-order valence-electron chi connectivity index (χ1n) is 7.40. The number of halogens is 1. The van der Waals surface area contributed by atoms with Crippen molar-refractivity contribution in [2.24, 2.45) is 0 Å². The molecule has 0 saturated carbocycles. The second-order valence-corrected chi connectivity index (χ2v) is 5.32. The van der Waals surface area contributed by atoms with Crippen molar-refractivity contribution >= 4 is 18.3 Å². The summed E-state index contributed by atoms with van der Waals surface area (Å²) in [6.07, 6.45) is 1.40. The van der Waals surface area contributed by atoms with Gasteiger partial charge in [-0.05, 0) is 44.5 Å². The number of hydrogen-bond donors (Lipinski definition) is 2. The second kappa shape index (κ2) is 8.98. The molecule has 1 saturated heterocycles. The van der Waals surface area contributed by atoms with Crippen LogP contribution in [0.1, 0.15) is 18.4 Å². The number of nitrogens with one attached hydrogen (secondary N) is 2. The van der Waals surface area contributed by atoms with E-state index in [1.807, 2.05) is 31.2 Å². The Bertz CT molecular complexity index is 476. The summed E-state index contributed by atoms with van der Waals surface area (Å²) in [6, 6.07) is 7.85. The van der Waals surface area contributed by atoms with Gasteiger partial charge in [0.1, 0.15) is 18.0 Å². The highest BCUT2D eigenvalue weighted by molar-refractivity contribution is 5.85. The number of aryl methyl sites for hydroxylation is 1. The van der Waals surface area contributed by atoms with Crippen molar-refractivity contribution in [2.45, 2.75) is 25.4 Å². The van der Waals surface area contributed by atoms with Crippen molar-refractivity contribution < 1.29 is 14.3 Å². The number of carbonyl (C=O) groups excluding carboxylic acids is 1. The van der Waals surface area contributed by atoms with Gasteiger partial charge in [0, 0.05) is 7.11 Å². The zero-order valence-electron chi connectivity index (χ0n) is 13.2. The van der Waals surface area contributed by atoms with Gasteiger partial charge in [0.25, 0.3) is 5.91 Å². The molecule has 1 aromatic rings. The molecule has 0 atom stereocenters. The maximum Gasteiger partial charge on any atom is 0.252 e. The number of rotatable bonds is 6. The molecule has 22 heavy (non-hydrogen) atoms. The number of carbonyl (C=O) groups is 1. The Balaban J connectivity index is 0.00000242. The minimum Gasteiger partial charge on any atom is -0.491 e. The van der Waals surface area contributed by atoms with E-state index in [4.69, 9.17) is 9.47 Å². The summed E-state index contributed by atoms with van der Waals surface area (Å²) >= 11 is 0. The van der Waals surface area contributed by atoms with Gasteiger partial charge in [-0.1, -0.05) is 18.2 Å². The van der Waals surface area contributed by atoms with Gasteiger partial charge in [-0.25, -0.2) is 0 Å². The lowest BCUT2D eigenvalue weighted by Crippen LogP contribution is -2.54. The van der Waals surface area contributed by atoms with E-state index in [0.717, 1.165) is 24.4 Å². The Morgan fingerprint density at radius 1 is 1.32 bits per heavy atom. The highest BCUT2D eigenvalue weighted by Gasteiger charge is 2.39. The molecule has 1 aliphatic heterocycles. The first kappa shape index (κ1) is 18.7. The Morgan fingerprint density at radius 2 is 2.00 bits per heavy atom. The molecule has 0 bridgehead atoms. The van der Waals surface area contributed by atoms with E-state index < -0.39 is 5.60 Å². The molecule has 1 heterocycles. The van der Waals surface area contributed by atoms with Crippen LogP contribution in [0.2, 0.25) is 0 Å². The molecular weight excluding hydrogens is 304 g/mol. The summed E-state index contributed by atoms with van der Waals surface area (Å²) < 4.78 is 11.2. The van der Waals surface area contributed by atoms with E-state index in [1.54, 1.807) is 7.11 Å². The highest BCUT2D eigenvalue weighted by Crippen LogP contribution is 2.22. The maximum atomic E-state index is 12.3. The summed E-state index contributed by atoms with van der Waals surface area (Å²) in [4.78, 5) is 12.3. The van der Waals surface area contributed by atoms with E-state index in [9.17, 15) is 4.79 Å². The molecule has 2 N–H and O–H groups in total. The average Bonchev–Trinajstić information content (AvgIpc) is 2.53. The fourth-order valence-corrected chi connectivity index (χ4v) is 2.56. The van der Waals surface area contributed by atoms with Crippen LogP contribution < -0.4 is 15.4 Å². The van der Waals surface area contributed by atoms with Crippen LogP contribution in [-0.4, -0.2) is 44.9 Å². The second-order valence-electron chi connectivity index (χ2n) is 5.32. The monoisotopic (exact) mass is 328 g/mol. The lowest BCUT2D eigenvalue weighted by atomic mass is 9.91. The molecule has 5 nitrogen and oxygen atoms in total. The summed E-state index contributed by atoms with van der Waals surface area (Å²) in [6.45, 7) is 4.55. The lowest BCUT2D eigenvalue weighted by Gasteiger charge is -2.34. The molecule has 124 valence electrons. The van der Waals surface area contributed by atoms with Crippen LogP contribution in [0.3, 0.4) is 0 Å². The summed E-state index contributed by atoms with van der Waals surface area (Å²) in [7, 11) is 1.61. The number of hydrogen-bond acceptors (Lipinski definition) is 4. The lowest BCUT2D eigenvalue weighted by molar-refractivity contribution is -0.146. The van der Waals surface area contributed by atoms with Gasteiger partial charge in [0.05, 0.1) is 6.54 Å². The van der Waals surface area contributed by atoms with Gasteiger partial charge in [-0.15, -0.1) is 12.4 Å². The molecule has 1 amide bonds. The minimum atomic E-state index is -0.687.